The normalized spacial score (nSPS) is 10.9. The highest BCUT2D eigenvalue weighted by molar-refractivity contribution is 6.30. The number of hydrogen-bond acceptors (Lipinski definition) is 3. The zero-order valence-corrected chi connectivity index (χ0v) is 11.4. The second-order valence-electron chi connectivity index (χ2n) is 4.60. The van der Waals surface area contributed by atoms with Gasteiger partial charge >= 0.3 is 5.63 Å². The summed E-state index contributed by atoms with van der Waals surface area (Å²) >= 11 is 5.84. The van der Waals surface area contributed by atoms with Gasteiger partial charge in [0, 0.05) is 10.4 Å². The lowest BCUT2D eigenvalue weighted by Gasteiger charge is -2.05. The fraction of sp³-hybridized carbons (Fsp3) is 0.0625. The summed E-state index contributed by atoms with van der Waals surface area (Å²) in [6.07, 6.45) is 0. The molecule has 0 saturated heterocycles. The molecule has 0 spiro atoms. The standard InChI is InChI=1S/C16H11ClO3/c1-9-2-3-11-8-13(10-4-6-12(17)7-5-10)16(19)20-15(11)14(9)18/h2-8,18H,1H3. The number of aryl methyl sites for hydroxylation is 1. The third-order valence-electron chi connectivity index (χ3n) is 3.23. The monoisotopic (exact) mass is 286 g/mol. The zero-order chi connectivity index (χ0) is 14.3. The number of aromatic hydroxyl groups is 1. The van der Waals surface area contributed by atoms with Crippen LogP contribution in [0.25, 0.3) is 22.1 Å². The van der Waals surface area contributed by atoms with E-state index in [0.717, 1.165) is 5.56 Å². The summed E-state index contributed by atoms with van der Waals surface area (Å²) in [5.41, 5.74) is 1.57. The van der Waals surface area contributed by atoms with Crippen molar-refractivity contribution in [2.24, 2.45) is 0 Å². The maximum atomic E-state index is 12.1. The van der Waals surface area contributed by atoms with Crippen LogP contribution in [-0.2, 0) is 0 Å². The van der Waals surface area contributed by atoms with E-state index in [4.69, 9.17) is 16.0 Å². The van der Waals surface area contributed by atoms with Crippen molar-refractivity contribution in [1.82, 2.24) is 0 Å². The molecule has 0 bridgehead atoms. The number of phenols is 1. The Balaban J connectivity index is 2.28. The van der Waals surface area contributed by atoms with Gasteiger partial charge in [0.25, 0.3) is 0 Å². The van der Waals surface area contributed by atoms with Gasteiger partial charge in [-0.1, -0.05) is 35.9 Å². The lowest BCUT2D eigenvalue weighted by Crippen LogP contribution is -2.02. The Morgan fingerprint density at radius 1 is 1.10 bits per heavy atom. The van der Waals surface area contributed by atoms with Crippen LogP contribution in [0.3, 0.4) is 0 Å². The highest BCUT2D eigenvalue weighted by atomic mass is 35.5. The van der Waals surface area contributed by atoms with E-state index in [0.29, 0.717) is 21.5 Å². The van der Waals surface area contributed by atoms with Gasteiger partial charge in [-0.25, -0.2) is 4.79 Å². The van der Waals surface area contributed by atoms with E-state index < -0.39 is 5.63 Å². The van der Waals surface area contributed by atoms with Crippen LogP contribution in [0, 0.1) is 6.92 Å². The largest absolute Gasteiger partial charge is 0.504 e. The molecule has 1 N–H and O–H groups in total. The molecule has 0 atom stereocenters. The van der Waals surface area contributed by atoms with Gasteiger partial charge in [-0.15, -0.1) is 0 Å². The van der Waals surface area contributed by atoms with E-state index in [-0.39, 0.29) is 11.3 Å². The molecule has 3 aromatic rings. The second kappa shape index (κ2) is 4.69. The van der Waals surface area contributed by atoms with E-state index >= 15 is 0 Å². The molecule has 0 amide bonds. The van der Waals surface area contributed by atoms with E-state index in [1.54, 1.807) is 43.3 Å². The maximum Gasteiger partial charge on any atom is 0.344 e. The first kappa shape index (κ1) is 12.8. The minimum atomic E-state index is -0.485. The van der Waals surface area contributed by atoms with Crippen molar-refractivity contribution in [3.8, 4) is 16.9 Å². The quantitative estimate of drug-likeness (QED) is 0.684. The smallest absolute Gasteiger partial charge is 0.344 e. The SMILES string of the molecule is Cc1ccc2cc(-c3ccc(Cl)cc3)c(=O)oc2c1O. The fourth-order valence-corrected chi connectivity index (χ4v) is 2.22. The predicted molar refractivity (Wildman–Crippen MR) is 79.3 cm³/mol. The molecule has 3 nitrogen and oxygen atoms in total. The van der Waals surface area contributed by atoms with Gasteiger partial charge in [-0.3, -0.25) is 0 Å². The molecule has 2 aromatic carbocycles. The number of rotatable bonds is 1. The summed E-state index contributed by atoms with van der Waals surface area (Å²) in [7, 11) is 0. The van der Waals surface area contributed by atoms with Gasteiger partial charge in [0.05, 0.1) is 5.56 Å². The minimum absolute atomic E-state index is 0.00209. The van der Waals surface area contributed by atoms with Crippen LogP contribution in [0.4, 0.5) is 0 Å². The Hall–Kier alpha value is -2.26. The van der Waals surface area contributed by atoms with Crippen LogP contribution in [0.15, 0.2) is 51.7 Å². The molecule has 0 saturated carbocycles. The van der Waals surface area contributed by atoms with Crippen LogP contribution >= 0.6 is 11.6 Å². The van der Waals surface area contributed by atoms with Crippen LogP contribution in [0.5, 0.6) is 5.75 Å². The average molecular weight is 287 g/mol. The molecule has 0 fully saturated rings. The maximum absolute atomic E-state index is 12.1. The fourth-order valence-electron chi connectivity index (χ4n) is 2.10. The van der Waals surface area contributed by atoms with Crippen molar-refractivity contribution in [1.29, 1.82) is 0 Å². The number of phenolic OH excluding ortho intramolecular Hbond substituents is 1. The van der Waals surface area contributed by atoms with Crippen molar-refractivity contribution in [2.75, 3.05) is 0 Å². The van der Waals surface area contributed by atoms with Gasteiger partial charge < -0.3 is 9.52 Å². The molecule has 0 radical (unpaired) electrons. The van der Waals surface area contributed by atoms with Gasteiger partial charge in [0.1, 0.15) is 0 Å². The first-order chi connectivity index (χ1) is 9.56. The second-order valence-corrected chi connectivity index (χ2v) is 5.04. The van der Waals surface area contributed by atoms with E-state index in [1.165, 1.54) is 0 Å². The molecule has 20 heavy (non-hydrogen) atoms. The van der Waals surface area contributed by atoms with E-state index in [1.807, 2.05) is 6.07 Å². The average Bonchev–Trinajstić information content (AvgIpc) is 2.44. The van der Waals surface area contributed by atoms with Crippen molar-refractivity contribution in [2.45, 2.75) is 6.92 Å². The molecule has 0 aliphatic heterocycles. The summed E-state index contributed by atoms with van der Waals surface area (Å²) in [4.78, 5) is 12.1. The highest BCUT2D eigenvalue weighted by Crippen LogP contribution is 2.29. The topological polar surface area (TPSA) is 50.4 Å². The third-order valence-corrected chi connectivity index (χ3v) is 3.49. The summed E-state index contributed by atoms with van der Waals surface area (Å²) in [6.45, 7) is 1.75. The molecule has 3 rings (SSSR count). The molecule has 0 aliphatic rings. The third kappa shape index (κ3) is 2.06. The molecule has 1 aromatic heterocycles. The van der Waals surface area contributed by atoms with Crippen molar-refractivity contribution < 1.29 is 9.52 Å². The summed E-state index contributed by atoms with van der Waals surface area (Å²) in [5, 5.41) is 11.2. The number of benzene rings is 2. The van der Waals surface area contributed by atoms with Gasteiger partial charge in [-0.2, -0.15) is 0 Å². The first-order valence-electron chi connectivity index (χ1n) is 6.08. The van der Waals surface area contributed by atoms with Crippen LogP contribution in [-0.4, -0.2) is 5.11 Å². The Bertz CT molecular complexity index is 848. The number of hydrogen-bond donors (Lipinski definition) is 1. The van der Waals surface area contributed by atoms with Gasteiger partial charge in [0.2, 0.25) is 0 Å². The van der Waals surface area contributed by atoms with Gasteiger partial charge in [-0.05, 0) is 36.2 Å². The van der Waals surface area contributed by atoms with Crippen LogP contribution < -0.4 is 5.63 Å². The summed E-state index contributed by atoms with van der Waals surface area (Å²) in [6, 6.07) is 12.3. The zero-order valence-electron chi connectivity index (χ0n) is 10.7. The molecule has 1 heterocycles. The van der Waals surface area contributed by atoms with E-state index in [9.17, 15) is 9.90 Å². The Morgan fingerprint density at radius 2 is 1.80 bits per heavy atom. The number of halogens is 1. The van der Waals surface area contributed by atoms with Crippen LogP contribution in [0.1, 0.15) is 5.56 Å². The highest BCUT2D eigenvalue weighted by Gasteiger charge is 2.11. The number of fused-ring (bicyclic) bond motifs is 1. The minimum Gasteiger partial charge on any atom is -0.504 e. The Morgan fingerprint density at radius 3 is 2.50 bits per heavy atom. The lowest BCUT2D eigenvalue weighted by atomic mass is 10.0. The molecule has 0 aliphatic carbocycles. The van der Waals surface area contributed by atoms with Gasteiger partial charge in [0.15, 0.2) is 11.3 Å². The van der Waals surface area contributed by atoms with E-state index in [2.05, 4.69) is 0 Å². The van der Waals surface area contributed by atoms with Crippen molar-refractivity contribution in [3.05, 3.63) is 63.5 Å². The molecular formula is C16H11ClO3. The Labute approximate surface area is 120 Å². The van der Waals surface area contributed by atoms with Crippen molar-refractivity contribution >= 4 is 22.6 Å². The Kier molecular flexibility index (Phi) is 2.99. The molecule has 4 heteroatoms. The van der Waals surface area contributed by atoms with Crippen LogP contribution in [0.2, 0.25) is 5.02 Å². The predicted octanol–water partition coefficient (Wildman–Crippen LogP) is 4.13. The molecule has 0 unspecified atom stereocenters. The molecular weight excluding hydrogens is 276 g/mol. The summed E-state index contributed by atoms with van der Waals surface area (Å²) in [5.74, 6) is 0.00209. The van der Waals surface area contributed by atoms with Crippen molar-refractivity contribution in [3.63, 3.8) is 0 Å². The summed E-state index contributed by atoms with van der Waals surface area (Å²) < 4.78 is 5.25. The first-order valence-corrected chi connectivity index (χ1v) is 6.46. The molecule has 100 valence electrons. The lowest BCUT2D eigenvalue weighted by molar-refractivity contribution is 0.454.